The molecule has 0 N–H and O–H groups in total. The van der Waals surface area contributed by atoms with Crippen molar-refractivity contribution in [2.45, 2.75) is 19.6 Å². The van der Waals surface area contributed by atoms with Crippen molar-refractivity contribution in [3.8, 4) is 0 Å². The highest BCUT2D eigenvalue weighted by Crippen LogP contribution is 2.47. The van der Waals surface area contributed by atoms with Crippen molar-refractivity contribution in [1.29, 1.82) is 0 Å². The lowest BCUT2D eigenvalue weighted by atomic mass is 9.19. The van der Waals surface area contributed by atoms with Crippen LogP contribution in [0.4, 0.5) is 34.1 Å². The minimum atomic E-state index is 0.230. The van der Waals surface area contributed by atoms with E-state index in [1.54, 1.807) is 0 Å². The number of nitrogens with zero attached hydrogens (tertiary/aromatic N) is 2. The molecule has 2 nitrogen and oxygen atoms in total. The summed E-state index contributed by atoms with van der Waals surface area (Å²) in [6.45, 7) is 0.460. The first-order valence-corrected chi connectivity index (χ1v) is 16.2. The highest BCUT2D eigenvalue weighted by atomic mass is 32.2. The van der Waals surface area contributed by atoms with Crippen LogP contribution in [-0.4, -0.2) is 13.4 Å². The first-order chi connectivity index (χ1) is 20.9. The smallest absolute Gasteiger partial charge is 0.248 e. The molecule has 11 rings (SSSR count). The van der Waals surface area contributed by atoms with E-state index in [4.69, 9.17) is 0 Å². The van der Waals surface area contributed by atoms with Gasteiger partial charge in [0.1, 0.15) is 0 Å². The molecule has 0 atom stereocenters. The van der Waals surface area contributed by atoms with Gasteiger partial charge in [0.05, 0.1) is 0 Å². The first-order valence-electron chi connectivity index (χ1n) is 14.5. The Morgan fingerprint density at radius 2 is 0.738 bits per heavy atom. The standard InChI is InChI=1S/C36H20B2N2S2/c1-3-9-21(10-4-1)39-23-13-7-15-27-31(23)37-33-25(39)17-19-29-35(33)38-32-24(14-8-16-28(32)42-29)40(22-11-5-2-6-12-22)26-18-20-30(41-27)36(37)34(26)38/h1-20H. The molecular formula is C36H20B2N2S2. The summed E-state index contributed by atoms with van der Waals surface area (Å²) in [5, 5.41) is 0. The van der Waals surface area contributed by atoms with E-state index in [1.807, 2.05) is 23.5 Å². The van der Waals surface area contributed by atoms with Crippen LogP contribution in [0.1, 0.15) is 0 Å². The summed E-state index contributed by atoms with van der Waals surface area (Å²) in [6.07, 6.45) is 0. The van der Waals surface area contributed by atoms with E-state index >= 15 is 0 Å². The molecule has 0 aliphatic carbocycles. The monoisotopic (exact) mass is 566 g/mol. The zero-order valence-corrected chi connectivity index (χ0v) is 24.0. The van der Waals surface area contributed by atoms with E-state index in [-0.39, 0.29) is 13.4 Å². The van der Waals surface area contributed by atoms with Crippen LogP contribution in [0.25, 0.3) is 0 Å². The average Bonchev–Trinajstić information content (AvgIpc) is 3.05. The van der Waals surface area contributed by atoms with Crippen molar-refractivity contribution in [2.24, 2.45) is 0 Å². The SMILES string of the molecule is c1ccc(N2c3cccc4c3B3c5c(ccc6c5B5c7c(cccc7N6c6ccccc6)Sc6ccc2c3c65)S4)cc1. The molecule has 5 aliphatic heterocycles. The molecule has 5 aliphatic rings. The number of hydrogen-bond donors (Lipinski definition) is 0. The summed E-state index contributed by atoms with van der Waals surface area (Å²) in [6, 6.07) is 45.3. The van der Waals surface area contributed by atoms with Crippen molar-refractivity contribution in [2.75, 3.05) is 9.80 Å². The van der Waals surface area contributed by atoms with Crippen LogP contribution in [0.2, 0.25) is 0 Å². The Labute approximate surface area is 253 Å². The minimum absolute atomic E-state index is 0.230. The van der Waals surface area contributed by atoms with Crippen LogP contribution in [0.15, 0.2) is 141 Å². The molecule has 0 aromatic heterocycles. The predicted molar refractivity (Wildman–Crippen MR) is 180 cm³/mol. The lowest BCUT2D eigenvalue weighted by Crippen LogP contribution is -2.80. The summed E-state index contributed by atoms with van der Waals surface area (Å²) in [4.78, 5) is 10.6. The van der Waals surface area contributed by atoms with E-state index in [0.717, 1.165) is 0 Å². The van der Waals surface area contributed by atoms with E-state index < -0.39 is 0 Å². The molecule has 0 saturated heterocycles. The van der Waals surface area contributed by atoms with Crippen LogP contribution >= 0.6 is 23.5 Å². The quantitative estimate of drug-likeness (QED) is 0.254. The Morgan fingerprint density at radius 1 is 0.333 bits per heavy atom. The van der Waals surface area contributed by atoms with Gasteiger partial charge in [-0.25, -0.2) is 0 Å². The third-order valence-electron chi connectivity index (χ3n) is 9.70. The van der Waals surface area contributed by atoms with Gasteiger partial charge in [-0.15, -0.1) is 0 Å². The van der Waals surface area contributed by atoms with Gasteiger partial charge >= 0.3 is 0 Å². The molecule has 6 aromatic rings. The minimum Gasteiger partial charge on any atom is -0.312 e. The second-order valence-corrected chi connectivity index (χ2v) is 13.8. The zero-order chi connectivity index (χ0) is 27.1. The van der Waals surface area contributed by atoms with Gasteiger partial charge in [-0.1, -0.05) is 83.0 Å². The van der Waals surface area contributed by atoms with Gasteiger partial charge in [0.25, 0.3) is 0 Å². The maximum atomic E-state index is 2.52. The van der Waals surface area contributed by atoms with Crippen LogP contribution < -0.4 is 42.6 Å². The van der Waals surface area contributed by atoms with E-state index in [1.165, 1.54) is 86.5 Å². The molecule has 0 fully saturated rings. The lowest BCUT2D eigenvalue weighted by Gasteiger charge is -2.50. The Kier molecular flexibility index (Phi) is 4.14. The number of anilines is 6. The Bertz CT molecular complexity index is 2030. The molecule has 6 aromatic carbocycles. The zero-order valence-electron chi connectivity index (χ0n) is 22.4. The number of rotatable bonds is 2. The van der Waals surface area contributed by atoms with Gasteiger partial charge in [-0.3, -0.25) is 0 Å². The molecule has 192 valence electrons. The summed E-state index contributed by atoms with van der Waals surface area (Å²) in [7, 11) is 0. The van der Waals surface area contributed by atoms with Crippen molar-refractivity contribution in [1.82, 2.24) is 0 Å². The van der Waals surface area contributed by atoms with Crippen molar-refractivity contribution in [3.05, 3.63) is 121 Å². The van der Waals surface area contributed by atoms with Crippen LogP contribution in [0, 0.1) is 0 Å². The fraction of sp³-hybridized carbons (Fsp3) is 0. The molecule has 0 unspecified atom stereocenters. The fourth-order valence-corrected chi connectivity index (χ4v) is 10.6. The highest BCUT2D eigenvalue weighted by Gasteiger charge is 2.54. The van der Waals surface area contributed by atoms with E-state index in [2.05, 4.69) is 131 Å². The Morgan fingerprint density at radius 3 is 1.19 bits per heavy atom. The number of benzene rings is 6. The van der Waals surface area contributed by atoms with Crippen molar-refractivity contribution in [3.63, 3.8) is 0 Å². The molecule has 6 heteroatoms. The van der Waals surface area contributed by atoms with Crippen LogP contribution in [-0.2, 0) is 0 Å². The molecule has 0 amide bonds. The van der Waals surface area contributed by atoms with Gasteiger partial charge in [-0.2, -0.15) is 0 Å². The van der Waals surface area contributed by atoms with Crippen LogP contribution in [0.5, 0.6) is 0 Å². The molecule has 5 heterocycles. The average molecular weight is 566 g/mol. The first kappa shape index (κ1) is 22.4. The Balaban J connectivity index is 1.31. The second kappa shape index (κ2) is 7.77. The number of hydrogen-bond acceptors (Lipinski definition) is 4. The number of para-hydroxylation sites is 2. The largest absolute Gasteiger partial charge is 0.312 e. The van der Waals surface area contributed by atoms with Gasteiger partial charge in [0.2, 0.25) is 13.4 Å². The summed E-state index contributed by atoms with van der Waals surface area (Å²) in [5.74, 6) is 0. The van der Waals surface area contributed by atoms with E-state index in [0.29, 0.717) is 0 Å². The van der Waals surface area contributed by atoms with Crippen molar-refractivity contribution < 1.29 is 0 Å². The third kappa shape index (κ3) is 2.56. The third-order valence-corrected chi connectivity index (χ3v) is 12.0. The maximum Gasteiger partial charge on any atom is 0.248 e. The predicted octanol–water partition coefficient (Wildman–Crippen LogP) is 5.53. The molecule has 0 saturated carbocycles. The van der Waals surface area contributed by atoms with Gasteiger partial charge < -0.3 is 9.80 Å². The lowest BCUT2D eigenvalue weighted by molar-refractivity contribution is 1.24. The van der Waals surface area contributed by atoms with Gasteiger partial charge in [0, 0.05) is 53.7 Å². The van der Waals surface area contributed by atoms with Crippen LogP contribution in [0.3, 0.4) is 0 Å². The summed E-state index contributed by atoms with van der Waals surface area (Å²) >= 11 is 3.91. The molecule has 0 radical (unpaired) electrons. The summed E-state index contributed by atoms with van der Waals surface area (Å²) in [5.41, 5.74) is 16.7. The highest BCUT2D eigenvalue weighted by molar-refractivity contribution is 8.00. The second-order valence-electron chi connectivity index (χ2n) is 11.6. The molecular weight excluding hydrogens is 546 g/mol. The van der Waals surface area contributed by atoms with Gasteiger partial charge in [-0.05, 0) is 94.6 Å². The molecule has 0 spiro atoms. The van der Waals surface area contributed by atoms with E-state index in [9.17, 15) is 0 Å². The molecule has 42 heavy (non-hydrogen) atoms. The fourth-order valence-electron chi connectivity index (χ4n) is 8.27. The summed E-state index contributed by atoms with van der Waals surface area (Å²) < 4.78 is 0. The normalized spacial score (nSPS) is 15.2. The van der Waals surface area contributed by atoms with Crippen molar-refractivity contribution >= 4 is 104 Å². The Hall–Kier alpha value is -4.25. The maximum absolute atomic E-state index is 2.52. The topological polar surface area (TPSA) is 6.48 Å². The van der Waals surface area contributed by atoms with Gasteiger partial charge in [0.15, 0.2) is 0 Å². The molecule has 0 bridgehead atoms.